The molecule has 130 valence electrons. The number of hydrogen-bond donors (Lipinski definition) is 1. The topological polar surface area (TPSA) is 112 Å². The van der Waals surface area contributed by atoms with Crippen molar-refractivity contribution in [3.63, 3.8) is 0 Å². The number of thioether (sulfide) groups is 1. The molecule has 25 heavy (non-hydrogen) atoms. The first-order chi connectivity index (χ1) is 12.0. The van der Waals surface area contributed by atoms with Crippen LogP contribution in [0.25, 0.3) is 0 Å². The second-order valence-electron chi connectivity index (χ2n) is 4.79. The highest BCUT2D eigenvalue weighted by atomic mass is 35.5. The summed E-state index contributed by atoms with van der Waals surface area (Å²) in [4.78, 5) is 20.1. The van der Waals surface area contributed by atoms with Gasteiger partial charge >= 0.3 is 0 Å². The maximum Gasteiger partial charge on any atom is 0.277 e. The molecular weight excluding hydrogens is 389 g/mol. The molecule has 0 saturated carbocycles. The van der Waals surface area contributed by atoms with Crippen LogP contribution in [0.5, 0.6) is 0 Å². The molecule has 3 heterocycles. The number of carbonyl (C=O) groups excluding carboxylic acids is 1. The molecule has 3 aromatic rings. The van der Waals surface area contributed by atoms with Gasteiger partial charge < -0.3 is 9.73 Å². The zero-order chi connectivity index (χ0) is 17.8. The number of rotatable bonds is 6. The Labute approximate surface area is 156 Å². The molecule has 0 saturated heterocycles. The van der Waals surface area contributed by atoms with E-state index in [-0.39, 0.29) is 22.0 Å². The van der Waals surface area contributed by atoms with Crippen LogP contribution in [0.15, 0.2) is 34.6 Å². The molecule has 3 aromatic heterocycles. The Bertz CT molecular complexity index is 871. The summed E-state index contributed by atoms with van der Waals surface area (Å²) in [6.45, 7) is 2.00. The standard InChI is InChI=1S/C13H11Cl2N7O2S/c1-7(12(23)19-11-9(15)2-8(14)3-17-11)25-13-21-20-10(24-13)4-22-6-16-5-18-22/h2-3,5-7H,4H2,1H3,(H,17,19,23). The van der Waals surface area contributed by atoms with E-state index in [1.807, 2.05) is 0 Å². The third-order valence-corrected chi connectivity index (χ3v) is 4.34. The summed E-state index contributed by atoms with van der Waals surface area (Å²) in [5.41, 5.74) is 0. The molecule has 1 unspecified atom stereocenters. The van der Waals surface area contributed by atoms with Crippen LogP contribution in [-0.4, -0.2) is 41.1 Å². The van der Waals surface area contributed by atoms with E-state index in [0.29, 0.717) is 17.5 Å². The van der Waals surface area contributed by atoms with Gasteiger partial charge in [-0.2, -0.15) is 5.10 Å². The molecule has 0 aliphatic heterocycles. The predicted molar refractivity (Wildman–Crippen MR) is 91.6 cm³/mol. The number of nitrogens with zero attached hydrogens (tertiary/aromatic N) is 6. The van der Waals surface area contributed by atoms with Gasteiger partial charge in [0.05, 0.1) is 15.3 Å². The summed E-state index contributed by atoms with van der Waals surface area (Å²) in [5, 5.41) is 14.8. The summed E-state index contributed by atoms with van der Waals surface area (Å²) >= 11 is 12.9. The van der Waals surface area contributed by atoms with Crippen molar-refractivity contribution in [2.45, 2.75) is 23.9 Å². The predicted octanol–water partition coefficient (Wildman–Crippen LogP) is 2.53. The fourth-order valence-electron chi connectivity index (χ4n) is 1.73. The highest BCUT2D eigenvalue weighted by molar-refractivity contribution is 8.00. The molecule has 0 radical (unpaired) electrons. The first-order valence-electron chi connectivity index (χ1n) is 6.94. The van der Waals surface area contributed by atoms with Crippen molar-refractivity contribution in [1.29, 1.82) is 0 Å². The second kappa shape index (κ2) is 7.81. The highest BCUT2D eigenvalue weighted by Gasteiger charge is 2.20. The minimum absolute atomic E-state index is 0.237. The van der Waals surface area contributed by atoms with Gasteiger partial charge in [0.15, 0.2) is 5.82 Å². The Hall–Kier alpha value is -2.17. The third kappa shape index (κ3) is 4.68. The number of pyridine rings is 1. The smallest absolute Gasteiger partial charge is 0.277 e. The average Bonchev–Trinajstić information content (AvgIpc) is 3.22. The molecule has 0 aliphatic rings. The average molecular weight is 400 g/mol. The van der Waals surface area contributed by atoms with Crippen LogP contribution in [0, 0.1) is 0 Å². The lowest BCUT2D eigenvalue weighted by Gasteiger charge is -2.10. The van der Waals surface area contributed by atoms with Gasteiger partial charge in [0.1, 0.15) is 19.2 Å². The van der Waals surface area contributed by atoms with Crippen LogP contribution in [-0.2, 0) is 11.3 Å². The van der Waals surface area contributed by atoms with E-state index in [1.54, 1.807) is 11.6 Å². The normalized spacial score (nSPS) is 12.1. The van der Waals surface area contributed by atoms with Crippen LogP contribution in [0.2, 0.25) is 10.0 Å². The molecule has 12 heteroatoms. The van der Waals surface area contributed by atoms with Crippen LogP contribution in [0.3, 0.4) is 0 Å². The molecular formula is C13H11Cl2N7O2S. The quantitative estimate of drug-likeness (QED) is 0.629. The summed E-state index contributed by atoms with van der Waals surface area (Å²) in [5.74, 6) is 0.293. The van der Waals surface area contributed by atoms with Gasteiger partial charge in [0, 0.05) is 6.20 Å². The van der Waals surface area contributed by atoms with Crippen LogP contribution >= 0.6 is 35.0 Å². The Balaban J connectivity index is 1.58. The number of amides is 1. The molecule has 0 aliphatic carbocycles. The van der Waals surface area contributed by atoms with Crippen molar-refractivity contribution in [3.05, 3.63) is 40.9 Å². The summed E-state index contributed by atoms with van der Waals surface area (Å²) in [6, 6.07) is 1.50. The lowest BCUT2D eigenvalue weighted by Crippen LogP contribution is -2.23. The molecule has 9 nitrogen and oxygen atoms in total. The highest BCUT2D eigenvalue weighted by Crippen LogP contribution is 2.26. The second-order valence-corrected chi connectivity index (χ2v) is 6.92. The van der Waals surface area contributed by atoms with Gasteiger partial charge in [-0.15, -0.1) is 10.2 Å². The van der Waals surface area contributed by atoms with Crippen molar-refractivity contribution in [1.82, 2.24) is 29.9 Å². The monoisotopic (exact) mass is 399 g/mol. The zero-order valence-electron chi connectivity index (χ0n) is 12.8. The van der Waals surface area contributed by atoms with E-state index in [4.69, 9.17) is 27.6 Å². The van der Waals surface area contributed by atoms with Gasteiger partial charge in [-0.05, 0) is 13.0 Å². The molecule has 3 rings (SSSR count). The maximum atomic E-state index is 12.2. The van der Waals surface area contributed by atoms with E-state index >= 15 is 0 Å². The molecule has 1 atom stereocenters. The SMILES string of the molecule is CC(Sc1nnc(Cn2cncn2)o1)C(=O)Nc1ncc(Cl)cc1Cl. The van der Waals surface area contributed by atoms with Gasteiger partial charge in [0.2, 0.25) is 11.8 Å². The number of halogens is 2. The summed E-state index contributed by atoms with van der Waals surface area (Å²) in [6.07, 6.45) is 4.35. The number of carbonyl (C=O) groups is 1. The summed E-state index contributed by atoms with van der Waals surface area (Å²) < 4.78 is 7.03. The molecule has 0 spiro atoms. The largest absolute Gasteiger partial charge is 0.414 e. The van der Waals surface area contributed by atoms with Gasteiger partial charge in [-0.25, -0.2) is 14.6 Å². The number of hydrogen-bond acceptors (Lipinski definition) is 8. The molecule has 0 aromatic carbocycles. The van der Waals surface area contributed by atoms with Gasteiger partial charge in [0.25, 0.3) is 5.22 Å². The van der Waals surface area contributed by atoms with Crippen molar-refractivity contribution < 1.29 is 9.21 Å². The van der Waals surface area contributed by atoms with E-state index < -0.39 is 5.25 Å². The van der Waals surface area contributed by atoms with E-state index in [1.165, 1.54) is 24.9 Å². The lowest BCUT2D eigenvalue weighted by molar-refractivity contribution is -0.115. The first kappa shape index (κ1) is 17.6. The summed E-state index contributed by atoms with van der Waals surface area (Å²) in [7, 11) is 0. The Morgan fingerprint density at radius 1 is 1.44 bits per heavy atom. The van der Waals surface area contributed by atoms with E-state index in [2.05, 4.69) is 30.6 Å². The number of anilines is 1. The van der Waals surface area contributed by atoms with E-state index in [9.17, 15) is 4.79 Å². The first-order valence-corrected chi connectivity index (χ1v) is 8.58. The van der Waals surface area contributed by atoms with Crippen LogP contribution < -0.4 is 5.32 Å². The fourth-order valence-corrected chi connectivity index (χ4v) is 2.86. The minimum atomic E-state index is -0.506. The van der Waals surface area contributed by atoms with Crippen molar-refractivity contribution in [2.24, 2.45) is 0 Å². The van der Waals surface area contributed by atoms with Crippen molar-refractivity contribution in [3.8, 4) is 0 Å². The molecule has 1 amide bonds. The van der Waals surface area contributed by atoms with Gasteiger partial charge in [-0.1, -0.05) is 35.0 Å². The minimum Gasteiger partial charge on any atom is -0.414 e. The molecule has 0 fully saturated rings. The number of aromatic nitrogens is 6. The van der Waals surface area contributed by atoms with Gasteiger partial charge in [-0.3, -0.25) is 4.79 Å². The molecule has 0 bridgehead atoms. The Morgan fingerprint density at radius 2 is 2.28 bits per heavy atom. The maximum absolute atomic E-state index is 12.2. The van der Waals surface area contributed by atoms with Crippen LogP contribution in [0.4, 0.5) is 5.82 Å². The third-order valence-electron chi connectivity index (χ3n) is 2.91. The van der Waals surface area contributed by atoms with E-state index in [0.717, 1.165) is 11.8 Å². The molecule has 1 N–H and O–H groups in total. The zero-order valence-corrected chi connectivity index (χ0v) is 15.1. The van der Waals surface area contributed by atoms with Crippen molar-refractivity contribution >= 4 is 46.7 Å². The Morgan fingerprint density at radius 3 is 3.00 bits per heavy atom. The van der Waals surface area contributed by atoms with Crippen molar-refractivity contribution in [2.75, 3.05) is 5.32 Å². The fraction of sp³-hybridized carbons (Fsp3) is 0.231. The lowest BCUT2D eigenvalue weighted by atomic mass is 10.4. The Kier molecular flexibility index (Phi) is 5.51. The number of nitrogens with one attached hydrogen (secondary N) is 1. The van der Waals surface area contributed by atoms with Crippen LogP contribution in [0.1, 0.15) is 12.8 Å².